The lowest BCUT2D eigenvalue weighted by Crippen LogP contribution is -2.30. The molecule has 10 heteroatoms. The van der Waals surface area contributed by atoms with Gasteiger partial charge in [0.25, 0.3) is 5.91 Å². The molecule has 0 aliphatic heterocycles. The van der Waals surface area contributed by atoms with Crippen molar-refractivity contribution >= 4 is 44.8 Å². The molecule has 7 nitrogen and oxygen atoms in total. The Morgan fingerprint density at radius 1 is 1.19 bits per heavy atom. The van der Waals surface area contributed by atoms with Crippen LogP contribution in [-0.4, -0.2) is 27.5 Å². The highest BCUT2D eigenvalue weighted by molar-refractivity contribution is 7.89. The van der Waals surface area contributed by atoms with Crippen molar-refractivity contribution in [3.63, 3.8) is 0 Å². The van der Waals surface area contributed by atoms with E-state index < -0.39 is 22.0 Å². The van der Waals surface area contributed by atoms with Gasteiger partial charge >= 0.3 is 0 Å². The van der Waals surface area contributed by atoms with Crippen LogP contribution in [-0.2, 0) is 14.8 Å². The fourth-order valence-corrected chi connectivity index (χ4v) is 2.89. The van der Waals surface area contributed by atoms with Gasteiger partial charge in [-0.25, -0.2) is 13.6 Å². The number of primary sulfonamides is 1. The predicted octanol–water partition coefficient (Wildman–Crippen LogP) is 3.06. The molecule has 1 amide bonds. The van der Waals surface area contributed by atoms with E-state index in [4.69, 9.17) is 37.8 Å². The Morgan fingerprint density at radius 2 is 1.88 bits per heavy atom. The van der Waals surface area contributed by atoms with Crippen LogP contribution in [0.25, 0.3) is 0 Å². The summed E-state index contributed by atoms with van der Waals surface area (Å²) in [5.74, 6) is -0.0447. The van der Waals surface area contributed by atoms with Crippen LogP contribution in [0.4, 0.5) is 5.69 Å². The molecule has 3 N–H and O–H groups in total. The number of nitrogens with two attached hydrogens (primary N) is 1. The molecule has 2 aromatic carbocycles. The van der Waals surface area contributed by atoms with Gasteiger partial charge in [0.2, 0.25) is 10.0 Å². The van der Waals surface area contributed by atoms with Gasteiger partial charge < -0.3 is 14.8 Å². The van der Waals surface area contributed by atoms with E-state index in [0.29, 0.717) is 5.02 Å². The van der Waals surface area contributed by atoms with E-state index in [-0.39, 0.29) is 27.1 Å². The van der Waals surface area contributed by atoms with Gasteiger partial charge in [0.05, 0.1) is 22.7 Å². The quantitative estimate of drug-likeness (QED) is 0.748. The zero-order valence-electron chi connectivity index (χ0n) is 13.8. The monoisotopic (exact) mass is 418 g/mol. The smallest absolute Gasteiger partial charge is 0.265 e. The summed E-state index contributed by atoms with van der Waals surface area (Å²) >= 11 is 11.9. The standard InChI is InChI=1S/C16H16Cl2N2O5S/c1-9(25-14-5-3-4-11(17)15(14)18)16(21)20-12-8-10(26(19,22)23)6-7-13(12)24-2/h3-9H,1-2H3,(H,20,21)(H2,19,22,23). The maximum atomic E-state index is 12.4. The molecule has 0 fully saturated rings. The fourth-order valence-electron chi connectivity index (χ4n) is 2.02. The Balaban J connectivity index is 2.22. The third-order valence-corrected chi connectivity index (χ3v) is 5.06. The molecule has 0 radical (unpaired) electrons. The summed E-state index contributed by atoms with van der Waals surface area (Å²) in [6.45, 7) is 1.50. The minimum absolute atomic E-state index is 0.136. The van der Waals surface area contributed by atoms with Crippen molar-refractivity contribution in [2.24, 2.45) is 5.14 Å². The molecular formula is C16H16Cl2N2O5S. The highest BCUT2D eigenvalue weighted by Gasteiger charge is 2.20. The van der Waals surface area contributed by atoms with Gasteiger partial charge in [-0.05, 0) is 37.3 Å². The normalized spacial score (nSPS) is 12.3. The Hall–Kier alpha value is -2.00. The first-order valence-corrected chi connectivity index (χ1v) is 9.56. The lowest BCUT2D eigenvalue weighted by Gasteiger charge is -2.17. The first-order valence-electron chi connectivity index (χ1n) is 7.26. The number of carbonyl (C=O) groups excluding carboxylic acids is 1. The maximum absolute atomic E-state index is 12.4. The lowest BCUT2D eigenvalue weighted by molar-refractivity contribution is -0.122. The highest BCUT2D eigenvalue weighted by Crippen LogP contribution is 2.32. The third kappa shape index (κ3) is 4.79. The second-order valence-electron chi connectivity index (χ2n) is 5.21. The average molecular weight is 419 g/mol. The molecule has 2 rings (SSSR count). The number of sulfonamides is 1. The predicted molar refractivity (Wildman–Crippen MR) is 99.5 cm³/mol. The van der Waals surface area contributed by atoms with Crippen molar-refractivity contribution in [3.05, 3.63) is 46.4 Å². The Bertz CT molecular complexity index is 934. The van der Waals surface area contributed by atoms with Crippen molar-refractivity contribution < 1.29 is 22.7 Å². The molecule has 2 aromatic rings. The van der Waals surface area contributed by atoms with E-state index in [0.717, 1.165) is 0 Å². The molecule has 0 saturated carbocycles. The maximum Gasteiger partial charge on any atom is 0.265 e. The number of amides is 1. The molecule has 0 saturated heterocycles. The molecule has 0 aliphatic rings. The number of nitrogens with one attached hydrogen (secondary N) is 1. The molecule has 0 bridgehead atoms. The summed E-state index contributed by atoms with van der Waals surface area (Å²) in [7, 11) is -2.55. The van der Waals surface area contributed by atoms with Gasteiger partial charge in [-0.1, -0.05) is 29.3 Å². The molecule has 0 heterocycles. The lowest BCUT2D eigenvalue weighted by atomic mass is 10.2. The SMILES string of the molecule is COc1ccc(S(N)(=O)=O)cc1NC(=O)C(C)Oc1cccc(Cl)c1Cl. The number of rotatable bonds is 6. The van der Waals surface area contributed by atoms with Gasteiger partial charge in [-0.2, -0.15) is 0 Å². The second-order valence-corrected chi connectivity index (χ2v) is 7.55. The van der Waals surface area contributed by atoms with Crippen LogP contribution in [0.5, 0.6) is 11.5 Å². The number of hydrogen-bond acceptors (Lipinski definition) is 5. The van der Waals surface area contributed by atoms with E-state index in [9.17, 15) is 13.2 Å². The van der Waals surface area contributed by atoms with E-state index in [2.05, 4.69) is 5.32 Å². The summed E-state index contributed by atoms with van der Waals surface area (Å²) in [6, 6.07) is 8.65. The fraction of sp³-hybridized carbons (Fsp3) is 0.188. The summed E-state index contributed by atoms with van der Waals surface area (Å²) in [5, 5.41) is 8.12. The number of carbonyl (C=O) groups is 1. The van der Waals surface area contributed by atoms with Crippen LogP contribution >= 0.6 is 23.2 Å². The number of ether oxygens (including phenoxy) is 2. The number of benzene rings is 2. The number of hydrogen-bond donors (Lipinski definition) is 2. The van der Waals surface area contributed by atoms with E-state index >= 15 is 0 Å². The first kappa shape index (κ1) is 20.3. The molecule has 26 heavy (non-hydrogen) atoms. The highest BCUT2D eigenvalue weighted by atomic mass is 35.5. The van der Waals surface area contributed by atoms with Gasteiger partial charge in [0, 0.05) is 0 Å². The zero-order chi connectivity index (χ0) is 19.5. The van der Waals surface area contributed by atoms with Crippen molar-refractivity contribution in [2.75, 3.05) is 12.4 Å². The number of anilines is 1. The van der Waals surface area contributed by atoms with Gasteiger partial charge in [-0.3, -0.25) is 4.79 Å². The molecule has 1 atom stereocenters. The third-order valence-electron chi connectivity index (χ3n) is 3.35. The minimum Gasteiger partial charge on any atom is -0.495 e. The van der Waals surface area contributed by atoms with Crippen LogP contribution in [0.1, 0.15) is 6.92 Å². The minimum atomic E-state index is -3.94. The summed E-state index contributed by atoms with van der Waals surface area (Å²) in [6.07, 6.45) is -0.950. The Kier molecular flexibility index (Phi) is 6.35. The van der Waals surface area contributed by atoms with Crippen molar-refractivity contribution in [1.82, 2.24) is 0 Å². The molecule has 0 aliphatic carbocycles. The average Bonchev–Trinajstić information content (AvgIpc) is 2.58. The molecule has 1 unspecified atom stereocenters. The van der Waals surface area contributed by atoms with E-state index in [1.54, 1.807) is 18.2 Å². The largest absolute Gasteiger partial charge is 0.495 e. The zero-order valence-corrected chi connectivity index (χ0v) is 16.2. The summed E-state index contributed by atoms with van der Waals surface area (Å²) in [5.41, 5.74) is 0.136. The Morgan fingerprint density at radius 3 is 2.50 bits per heavy atom. The summed E-state index contributed by atoms with van der Waals surface area (Å²) < 4.78 is 33.6. The van der Waals surface area contributed by atoms with E-state index in [1.807, 2.05) is 0 Å². The van der Waals surface area contributed by atoms with Gasteiger partial charge in [0.1, 0.15) is 16.5 Å². The van der Waals surface area contributed by atoms with Gasteiger partial charge in [0.15, 0.2) is 6.10 Å². The topological polar surface area (TPSA) is 108 Å². The number of methoxy groups -OCH3 is 1. The second kappa shape index (κ2) is 8.13. The van der Waals surface area contributed by atoms with Crippen molar-refractivity contribution in [3.8, 4) is 11.5 Å². The molecular weight excluding hydrogens is 403 g/mol. The molecule has 0 spiro atoms. The van der Waals surface area contributed by atoms with Crippen LogP contribution in [0, 0.1) is 0 Å². The molecule has 140 valence electrons. The number of halogens is 2. The van der Waals surface area contributed by atoms with Crippen LogP contribution in [0.3, 0.4) is 0 Å². The van der Waals surface area contributed by atoms with Gasteiger partial charge in [-0.15, -0.1) is 0 Å². The Labute approximate surface area is 161 Å². The van der Waals surface area contributed by atoms with Crippen molar-refractivity contribution in [2.45, 2.75) is 17.9 Å². The van der Waals surface area contributed by atoms with E-state index in [1.165, 1.54) is 32.2 Å². The van der Waals surface area contributed by atoms with Crippen molar-refractivity contribution in [1.29, 1.82) is 0 Å². The van der Waals surface area contributed by atoms with Crippen LogP contribution < -0.4 is 19.9 Å². The summed E-state index contributed by atoms with van der Waals surface area (Å²) in [4.78, 5) is 12.2. The van der Waals surface area contributed by atoms with Crippen LogP contribution in [0.15, 0.2) is 41.3 Å². The van der Waals surface area contributed by atoms with Crippen LogP contribution in [0.2, 0.25) is 10.0 Å². The first-order chi connectivity index (χ1) is 12.1. The molecule has 0 aromatic heterocycles.